The van der Waals surface area contributed by atoms with E-state index in [4.69, 9.17) is 4.52 Å². The fraction of sp³-hybridized carbons (Fsp3) is 0.286. The molecule has 0 amide bonds. The van der Waals surface area contributed by atoms with Gasteiger partial charge in [-0.2, -0.15) is 0 Å². The summed E-state index contributed by atoms with van der Waals surface area (Å²) in [7, 11) is 0. The molecule has 1 aliphatic carbocycles. The van der Waals surface area contributed by atoms with Gasteiger partial charge in [0.25, 0.3) is 0 Å². The van der Waals surface area contributed by atoms with Crippen LogP contribution in [-0.2, 0) is 25.1 Å². The molecule has 0 atom stereocenters. The molecular formula is C21H20N4OS2. The Bertz CT molecular complexity index is 1050. The number of benzene rings is 1. The summed E-state index contributed by atoms with van der Waals surface area (Å²) in [5.41, 5.74) is 3.61. The lowest BCUT2D eigenvalue weighted by Crippen LogP contribution is -2.04. The highest BCUT2D eigenvalue weighted by molar-refractivity contribution is 7.98. The molecule has 0 N–H and O–H groups in total. The first kappa shape index (κ1) is 17.7. The zero-order valence-electron chi connectivity index (χ0n) is 15.4. The number of thioether (sulfide) groups is 1. The van der Waals surface area contributed by atoms with Crippen molar-refractivity contribution in [3.8, 4) is 10.7 Å². The van der Waals surface area contributed by atoms with Crippen molar-refractivity contribution in [2.45, 2.75) is 43.1 Å². The predicted octanol–water partition coefficient (Wildman–Crippen LogP) is 5.21. The second kappa shape index (κ2) is 7.93. The summed E-state index contributed by atoms with van der Waals surface area (Å²) in [6.45, 7) is 0.750. The lowest BCUT2D eigenvalue weighted by molar-refractivity contribution is 0.369. The summed E-state index contributed by atoms with van der Waals surface area (Å²) < 4.78 is 7.77. The van der Waals surface area contributed by atoms with Crippen molar-refractivity contribution in [2.75, 3.05) is 0 Å². The molecule has 3 heterocycles. The number of aryl methyl sites for hydroxylation is 1. The first-order valence-corrected chi connectivity index (χ1v) is 11.3. The molecule has 0 radical (unpaired) electrons. The summed E-state index contributed by atoms with van der Waals surface area (Å²) in [5.74, 6) is 2.76. The zero-order valence-corrected chi connectivity index (χ0v) is 17.0. The van der Waals surface area contributed by atoms with Crippen LogP contribution in [0, 0.1) is 0 Å². The molecule has 1 aliphatic rings. The lowest BCUT2D eigenvalue weighted by atomic mass is 9.97. The van der Waals surface area contributed by atoms with Crippen LogP contribution in [0.15, 0.2) is 57.5 Å². The summed E-state index contributed by atoms with van der Waals surface area (Å²) in [6.07, 6.45) is 4.51. The number of hydrogen-bond donors (Lipinski definition) is 0. The van der Waals surface area contributed by atoms with E-state index in [1.54, 1.807) is 23.1 Å². The molecule has 0 fully saturated rings. The van der Waals surface area contributed by atoms with Crippen molar-refractivity contribution in [3.63, 3.8) is 0 Å². The van der Waals surface area contributed by atoms with Crippen molar-refractivity contribution in [3.05, 3.63) is 70.4 Å². The van der Waals surface area contributed by atoms with E-state index >= 15 is 0 Å². The molecule has 28 heavy (non-hydrogen) atoms. The van der Waals surface area contributed by atoms with Crippen LogP contribution in [0.25, 0.3) is 10.7 Å². The van der Waals surface area contributed by atoms with E-state index in [0.29, 0.717) is 0 Å². The highest BCUT2D eigenvalue weighted by atomic mass is 32.2. The summed E-state index contributed by atoms with van der Waals surface area (Å²) in [4.78, 5) is 1.13. The van der Waals surface area contributed by atoms with Gasteiger partial charge in [-0.25, -0.2) is 0 Å². The minimum atomic E-state index is 0.750. The van der Waals surface area contributed by atoms with Crippen LogP contribution in [0.5, 0.6) is 0 Å². The second-order valence-corrected chi connectivity index (χ2v) is 8.77. The number of hydrogen-bond acceptors (Lipinski definition) is 6. The van der Waals surface area contributed by atoms with Crippen LogP contribution in [0.2, 0.25) is 0 Å². The van der Waals surface area contributed by atoms with Crippen molar-refractivity contribution >= 4 is 23.1 Å². The Morgan fingerprint density at radius 2 is 1.93 bits per heavy atom. The number of rotatable bonds is 6. The standard InChI is InChI=1S/C21H20N4OS2/c1-2-7-15(8-3-1)13-25-20(19-11-6-12-27-19)22-23-21(25)28-14-17-16-9-4-5-10-18(16)26-24-17/h1-3,6-8,11-12H,4-5,9-10,13-14H2. The Hall–Kier alpha value is -2.38. The van der Waals surface area contributed by atoms with E-state index in [1.165, 1.54) is 24.0 Å². The molecule has 7 heteroatoms. The molecule has 0 aliphatic heterocycles. The highest BCUT2D eigenvalue weighted by Crippen LogP contribution is 2.32. The van der Waals surface area contributed by atoms with E-state index in [2.05, 4.69) is 61.7 Å². The van der Waals surface area contributed by atoms with E-state index in [1.807, 2.05) is 6.07 Å². The Kier molecular flexibility index (Phi) is 5.01. The fourth-order valence-corrected chi connectivity index (χ4v) is 5.20. The van der Waals surface area contributed by atoms with Crippen LogP contribution in [0.1, 0.15) is 35.4 Å². The summed E-state index contributed by atoms with van der Waals surface area (Å²) in [5, 5.41) is 16.3. The Balaban J connectivity index is 1.43. The third-order valence-electron chi connectivity index (χ3n) is 5.01. The third-order valence-corrected chi connectivity index (χ3v) is 6.86. The van der Waals surface area contributed by atoms with Crippen molar-refractivity contribution in [2.24, 2.45) is 0 Å². The minimum absolute atomic E-state index is 0.750. The number of aromatic nitrogens is 4. The number of thiophene rings is 1. The Morgan fingerprint density at radius 3 is 2.79 bits per heavy atom. The van der Waals surface area contributed by atoms with Crippen LogP contribution in [0.4, 0.5) is 0 Å². The van der Waals surface area contributed by atoms with Gasteiger partial charge in [0.15, 0.2) is 11.0 Å². The number of fused-ring (bicyclic) bond motifs is 1. The fourth-order valence-electron chi connectivity index (χ4n) is 3.59. The van der Waals surface area contributed by atoms with Gasteiger partial charge in [0.2, 0.25) is 0 Å². The molecule has 0 saturated heterocycles. The third kappa shape index (κ3) is 3.52. The minimum Gasteiger partial charge on any atom is -0.361 e. The first-order valence-electron chi connectivity index (χ1n) is 9.48. The number of nitrogens with zero attached hydrogens (tertiary/aromatic N) is 4. The van der Waals surface area contributed by atoms with Gasteiger partial charge in [0.1, 0.15) is 5.76 Å². The van der Waals surface area contributed by atoms with Gasteiger partial charge in [-0.05, 0) is 36.3 Å². The van der Waals surface area contributed by atoms with Crippen LogP contribution in [-0.4, -0.2) is 19.9 Å². The van der Waals surface area contributed by atoms with Crippen LogP contribution in [0.3, 0.4) is 0 Å². The van der Waals surface area contributed by atoms with Crippen molar-refractivity contribution in [1.82, 2.24) is 19.9 Å². The zero-order chi connectivity index (χ0) is 18.8. The topological polar surface area (TPSA) is 56.7 Å². The highest BCUT2D eigenvalue weighted by Gasteiger charge is 2.21. The van der Waals surface area contributed by atoms with Gasteiger partial charge in [-0.1, -0.05) is 53.3 Å². The molecule has 0 bridgehead atoms. The largest absolute Gasteiger partial charge is 0.361 e. The maximum atomic E-state index is 5.56. The summed E-state index contributed by atoms with van der Waals surface area (Å²) in [6, 6.07) is 14.6. The molecule has 4 aromatic rings. The van der Waals surface area contributed by atoms with Crippen LogP contribution >= 0.6 is 23.1 Å². The van der Waals surface area contributed by atoms with E-state index in [0.717, 1.165) is 52.5 Å². The Morgan fingerprint density at radius 1 is 1.04 bits per heavy atom. The average Bonchev–Trinajstić information content (AvgIpc) is 3.47. The normalized spacial score (nSPS) is 13.6. The maximum Gasteiger partial charge on any atom is 0.192 e. The van der Waals surface area contributed by atoms with Crippen LogP contribution < -0.4 is 0 Å². The second-order valence-electron chi connectivity index (χ2n) is 6.88. The molecule has 0 unspecified atom stereocenters. The smallest absolute Gasteiger partial charge is 0.192 e. The molecule has 3 aromatic heterocycles. The van der Waals surface area contributed by atoms with Gasteiger partial charge in [0.05, 0.1) is 17.1 Å². The van der Waals surface area contributed by atoms with Gasteiger partial charge in [-0.15, -0.1) is 21.5 Å². The molecule has 5 rings (SSSR count). The molecule has 0 saturated carbocycles. The van der Waals surface area contributed by atoms with Gasteiger partial charge in [0, 0.05) is 17.7 Å². The molecule has 0 spiro atoms. The first-order chi connectivity index (χ1) is 13.9. The summed E-state index contributed by atoms with van der Waals surface area (Å²) >= 11 is 3.38. The molecule has 5 nitrogen and oxygen atoms in total. The predicted molar refractivity (Wildman–Crippen MR) is 112 cm³/mol. The van der Waals surface area contributed by atoms with Gasteiger partial charge < -0.3 is 4.52 Å². The quantitative estimate of drug-likeness (QED) is 0.410. The Labute approximate surface area is 171 Å². The van der Waals surface area contributed by atoms with Crippen molar-refractivity contribution in [1.29, 1.82) is 0 Å². The van der Waals surface area contributed by atoms with E-state index < -0.39 is 0 Å². The monoisotopic (exact) mass is 408 g/mol. The molecular weight excluding hydrogens is 388 g/mol. The van der Waals surface area contributed by atoms with E-state index in [9.17, 15) is 0 Å². The average molecular weight is 409 g/mol. The maximum absolute atomic E-state index is 5.56. The molecule has 142 valence electrons. The van der Waals surface area contributed by atoms with Crippen molar-refractivity contribution < 1.29 is 4.52 Å². The lowest BCUT2D eigenvalue weighted by Gasteiger charge is -2.10. The molecule has 1 aromatic carbocycles. The van der Waals surface area contributed by atoms with Gasteiger partial charge in [-0.3, -0.25) is 4.57 Å². The van der Waals surface area contributed by atoms with E-state index in [-0.39, 0.29) is 0 Å². The SMILES string of the molecule is c1ccc(Cn2c(SCc3noc4c3CCCC4)nnc2-c2cccs2)cc1. The van der Waals surface area contributed by atoms with Gasteiger partial charge >= 0.3 is 0 Å².